The van der Waals surface area contributed by atoms with E-state index in [9.17, 15) is 9.59 Å². The quantitative estimate of drug-likeness (QED) is 0.903. The fourth-order valence-corrected chi connectivity index (χ4v) is 4.46. The molecule has 0 spiro atoms. The average molecular weight is 352 g/mol. The number of hydrogen-bond donors (Lipinski definition) is 1. The predicted molar refractivity (Wildman–Crippen MR) is 99.3 cm³/mol. The van der Waals surface area contributed by atoms with Crippen LogP contribution in [0.25, 0.3) is 10.9 Å². The molecule has 1 aromatic carbocycles. The minimum Gasteiger partial charge on any atom is -0.341 e. The highest BCUT2D eigenvalue weighted by molar-refractivity contribution is 5.87. The van der Waals surface area contributed by atoms with Crippen LogP contribution in [0.2, 0.25) is 0 Å². The third-order valence-electron chi connectivity index (χ3n) is 5.87. The van der Waals surface area contributed by atoms with Gasteiger partial charge in [0.15, 0.2) is 0 Å². The fourth-order valence-electron chi connectivity index (χ4n) is 4.46. The Morgan fingerprint density at radius 3 is 2.96 bits per heavy atom. The van der Waals surface area contributed by atoms with Gasteiger partial charge in [-0.15, -0.1) is 0 Å². The van der Waals surface area contributed by atoms with Crippen LogP contribution in [0.5, 0.6) is 0 Å². The summed E-state index contributed by atoms with van der Waals surface area (Å²) in [6, 6.07) is 10.0. The summed E-state index contributed by atoms with van der Waals surface area (Å²) in [4.78, 5) is 33.3. The fraction of sp³-hybridized carbons (Fsp3) is 0.450. The van der Waals surface area contributed by atoms with E-state index >= 15 is 0 Å². The van der Waals surface area contributed by atoms with Gasteiger partial charge in [0.2, 0.25) is 11.8 Å². The zero-order valence-corrected chi connectivity index (χ0v) is 15.2. The number of amides is 2. The van der Waals surface area contributed by atoms with Gasteiger partial charge in [-0.1, -0.05) is 24.3 Å². The Labute approximate surface area is 153 Å². The number of nitrogens with one attached hydrogen (secondary N) is 1. The SMILES string of the molecule is CC(=O)N1C[C@H]2CNC[C@@]2(C(=O)N(C)Cc2cccc3cccnc23)C1. The van der Waals surface area contributed by atoms with Crippen LogP contribution in [0, 0.1) is 11.3 Å². The van der Waals surface area contributed by atoms with Gasteiger partial charge in [-0.3, -0.25) is 14.6 Å². The summed E-state index contributed by atoms with van der Waals surface area (Å²) >= 11 is 0. The molecule has 2 aliphatic rings. The van der Waals surface area contributed by atoms with Crippen molar-refractivity contribution in [3.05, 3.63) is 42.1 Å². The van der Waals surface area contributed by atoms with Crippen LogP contribution in [0.4, 0.5) is 0 Å². The molecule has 26 heavy (non-hydrogen) atoms. The number of benzene rings is 1. The first-order valence-electron chi connectivity index (χ1n) is 9.06. The van der Waals surface area contributed by atoms with Gasteiger partial charge < -0.3 is 15.1 Å². The van der Waals surface area contributed by atoms with Crippen LogP contribution in [0.3, 0.4) is 0 Å². The number of rotatable bonds is 3. The molecule has 2 atom stereocenters. The maximum atomic E-state index is 13.4. The van der Waals surface area contributed by atoms with Gasteiger partial charge in [-0.25, -0.2) is 0 Å². The molecule has 2 aromatic rings. The van der Waals surface area contributed by atoms with Gasteiger partial charge in [0.05, 0.1) is 10.9 Å². The smallest absolute Gasteiger partial charge is 0.232 e. The third-order valence-corrected chi connectivity index (χ3v) is 5.87. The van der Waals surface area contributed by atoms with Crippen LogP contribution >= 0.6 is 0 Å². The average Bonchev–Trinajstić information content (AvgIpc) is 3.19. The van der Waals surface area contributed by atoms with E-state index in [4.69, 9.17) is 0 Å². The Kier molecular flexibility index (Phi) is 4.15. The summed E-state index contributed by atoms with van der Waals surface area (Å²) in [7, 11) is 1.85. The molecular weight excluding hydrogens is 328 g/mol. The van der Waals surface area contributed by atoms with E-state index in [1.54, 1.807) is 18.0 Å². The molecule has 0 saturated carbocycles. The lowest BCUT2D eigenvalue weighted by molar-refractivity contribution is -0.141. The lowest BCUT2D eigenvalue weighted by Gasteiger charge is -2.31. The second-order valence-corrected chi connectivity index (χ2v) is 7.54. The maximum absolute atomic E-state index is 13.4. The highest BCUT2D eigenvalue weighted by Crippen LogP contribution is 2.40. The number of nitrogens with zero attached hydrogens (tertiary/aromatic N) is 3. The van der Waals surface area contributed by atoms with Gasteiger partial charge >= 0.3 is 0 Å². The van der Waals surface area contributed by atoms with E-state index in [0.717, 1.165) is 23.0 Å². The number of hydrogen-bond acceptors (Lipinski definition) is 4. The van der Waals surface area contributed by atoms with E-state index in [1.807, 2.05) is 42.3 Å². The Morgan fingerprint density at radius 1 is 1.35 bits per heavy atom. The molecule has 1 N–H and O–H groups in total. The van der Waals surface area contributed by atoms with Crippen molar-refractivity contribution >= 4 is 22.7 Å². The highest BCUT2D eigenvalue weighted by atomic mass is 16.2. The van der Waals surface area contributed by atoms with Crippen molar-refractivity contribution in [2.75, 3.05) is 33.2 Å². The van der Waals surface area contributed by atoms with E-state index in [-0.39, 0.29) is 17.7 Å². The molecule has 6 heteroatoms. The molecule has 2 saturated heterocycles. The van der Waals surface area contributed by atoms with Crippen LogP contribution < -0.4 is 5.32 Å². The molecule has 0 unspecified atom stereocenters. The van der Waals surface area contributed by atoms with E-state index in [0.29, 0.717) is 26.2 Å². The monoisotopic (exact) mass is 352 g/mol. The molecule has 1 aromatic heterocycles. The summed E-state index contributed by atoms with van der Waals surface area (Å²) in [6.45, 7) is 4.70. The van der Waals surface area contributed by atoms with Gasteiger partial charge in [0.25, 0.3) is 0 Å². The predicted octanol–water partition coefficient (Wildman–Crippen LogP) is 1.26. The first-order valence-corrected chi connectivity index (χ1v) is 9.06. The second-order valence-electron chi connectivity index (χ2n) is 7.54. The topological polar surface area (TPSA) is 65.5 Å². The zero-order chi connectivity index (χ0) is 18.3. The zero-order valence-electron chi connectivity index (χ0n) is 15.2. The van der Waals surface area contributed by atoms with Crippen molar-refractivity contribution in [1.29, 1.82) is 0 Å². The molecule has 6 nitrogen and oxygen atoms in total. The highest BCUT2D eigenvalue weighted by Gasteiger charge is 2.56. The van der Waals surface area contributed by atoms with Crippen LogP contribution in [-0.4, -0.2) is 59.8 Å². The Balaban J connectivity index is 1.59. The van der Waals surface area contributed by atoms with Crippen molar-refractivity contribution in [3.8, 4) is 0 Å². The van der Waals surface area contributed by atoms with Crippen molar-refractivity contribution in [2.45, 2.75) is 13.5 Å². The molecule has 2 amide bonds. The Morgan fingerprint density at radius 2 is 2.15 bits per heavy atom. The summed E-state index contributed by atoms with van der Waals surface area (Å²) in [6.07, 6.45) is 1.78. The van der Waals surface area contributed by atoms with Gasteiger partial charge in [-0.2, -0.15) is 0 Å². The number of carbonyl (C=O) groups is 2. The minimum atomic E-state index is -0.502. The molecular formula is C20H24N4O2. The lowest BCUT2D eigenvalue weighted by Crippen LogP contribution is -2.48. The normalized spacial score (nSPS) is 24.7. The van der Waals surface area contributed by atoms with E-state index in [1.165, 1.54) is 0 Å². The number of carbonyl (C=O) groups excluding carboxylic acids is 2. The minimum absolute atomic E-state index is 0.0486. The Bertz CT molecular complexity index is 863. The summed E-state index contributed by atoms with van der Waals surface area (Å²) < 4.78 is 0. The first kappa shape index (κ1) is 17.0. The molecule has 2 aliphatic heterocycles. The van der Waals surface area contributed by atoms with Crippen molar-refractivity contribution in [2.24, 2.45) is 11.3 Å². The summed E-state index contributed by atoms with van der Waals surface area (Å²) in [5.74, 6) is 0.351. The van der Waals surface area contributed by atoms with Crippen LogP contribution in [-0.2, 0) is 16.1 Å². The van der Waals surface area contributed by atoms with Crippen molar-refractivity contribution in [3.63, 3.8) is 0 Å². The number of aromatic nitrogens is 1. The van der Waals surface area contributed by atoms with Crippen LogP contribution in [0.15, 0.2) is 36.5 Å². The Hall–Kier alpha value is -2.47. The van der Waals surface area contributed by atoms with E-state index in [2.05, 4.69) is 10.3 Å². The first-order chi connectivity index (χ1) is 12.5. The van der Waals surface area contributed by atoms with Crippen molar-refractivity contribution < 1.29 is 9.59 Å². The van der Waals surface area contributed by atoms with E-state index < -0.39 is 5.41 Å². The molecule has 2 fully saturated rings. The number of fused-ring (bicyclic) bond motifs is 2. The van der Waals surface area contributed by atoms with Gasteiger partial charge in [0.1, 0.15) is 0 Å². The summed E-state index contributed by atoms with van der Waals surface area (Å²) in [5.41, 5.74) is 1.47. The second kappa shape index (κ2) is 6.36. The number of pyridine rings is 1. The molecule has 4 rings (SSSR count). The maximum Gasteiger partial charge on any atom is 0.232 e. The third kappa shape index (κ3) is 2.65. The molecule has 136 valence electrons. The lowest BCUT2D eigenvalue weighted by atomic mass is 9.79. The number of para-hydroxylation sites is 1. The molecule has 0 bridgehead atoms. The van der Waals surface area contributed by atoms with Gasteiger partial charge in [-0.05, 0) is 11.6 Å². The molecule has 0 aliphatic carbocycles. The van der Waals surface area contributed by atoms with Gasteiger partial charge in [0, 0.05) is 64.2 Å². The largest absolute Gasteiger partial charge is 0.341 e. The molecule has 0 radical (unpaired) electrons. The van der Waals surface area contributed by atoms with Crippen LogP contribution in [0.1, 0.15) is 12.5 Å². The molecule has 3 heterocycles. The number of likely N-dealkylation sites (tertiary alicyclic amines) is 1. The standard InChI is InChI=1S/C20H24N4O2/c1-14(25)24-11-17-9-21-12-20(17,13-24)19(26)23(2)10-16-6-3-5-15-7-4-8-22-18(15)16/h3-8,17,21H,9-13H2,1-2H3/t17-,20-/m1/s1. The van der Waals surface area contributed by atoms with Crippen molar-refractivity contribution in [1.82, 2.24) is 20.1 Å². The summed E-state index contributed by atoms with van der Waals surface area (Å²) in [5, 5.41) is 4.43.